The zero-order chi connectivity index (χ0) is 20.1. The molecule has 0 aliphatic carbocycles. The molecular weight excluding hydrogens is 350 g/mol. The quantitative estimate of drug-likeness (QED) is 0.599. The topological polar surface area (TPSA) is 111 Å². The molecule has 0 saturated carbocycles. The summed E-state index contributed by atoms with van der Waals surface area (Å²) < 4.78 is 4.90. The molecule has 0 aliphatic heterocycles. The first-order valence-corrected chi connectivity index (χ1v) is 8.21. The molecule has 0 aliphatic rings. The maximum absolute atomic E-state index is 12.2. The standard InChI is InChI=1S/C19H21N3O5/c1-11-7-12(2)18(13(3)8-11)21-17(23)10-20-19(24)14-5-6-16(27-4)15(9-14)22(25)26/h5-9H,10H2,1-4H3,(H,20,24)(H,21,23). The average Bonchev–Trinajstić information content (AvgIpc) is 2.62. The van der Waals surface area contributed by atoms with Crippen molar-refractivity contribution >= 4 is 23.2 Å². The summed E-state index contributed by atoms with van der Waals surface area (Å²) in [5.41, 5.74) is 3.41. The van der Waals surface area contributed by atoms with Gasteiger partial charge < -0.3 is 15.4 Å². The number of nitrogens with one attached hydrogen (secondary N) is 2. The first kappa shape index (κ1) is 19.9. The first-order valence-electron chi connectivity index (χ1n) is 8.21. The van der Waals surface area contributed by atoms with Crippen LogP contribution in [0.3, 0.4) is 0 Å². The number of nitro benzene ring substituents is 1. The van der Waals surface area contributed by atoms with Crippen molar-refractivity contribution in [3.63, 3.8) is 0 Å². The van der Waals surface area contributed by atoms with E-state index in [0.717, 1.165) is 22.8 Å². The van der Waals surface area contributed by atoms with E-state index in [9.17, 15) is 19.7 Å². The Kier molecular flexibility index (Phi) is 6.12. The summed E-state index contributed by atoms with van der Waals surface area (Å²) in [7, 11) is 1.31. The fourth-order valence-corrected chi connectivity index (χ4v) is 2.80. The van der Waals surface area contributed by atoms with Gasteiger partial charge in [0.05, 0.1) is 18.6 Å². The highest BCUT2D eigenvalue weighted by Crippen LogP contribution is 2.27. The van der Waals surface area contributed by atoms with Gasteiger partial charge in [-0.2, -0.15) is 0 Å². The predicted molar refractivity (Wildman–Crippen MR) is 101 cm³/mol. The molecule has 0 heterocycles. The SMILES string of the molecule is COc1ccc(C(=O)NCC(=O)Nc2c(C)cc(C)cc2C)cc1[N+](=O)[O-]. The second kappa shape index (κ2) is 8.31. The second-order valence-corrected chi connectivity index (χ2v) is 6.15. The minimum absolute atomic E-state index is 0.0552. The molecule has 0 spiro atoms. The number of carbonyl (C=O) groups is 2. The number of hydrogen-bond donors (Lipinski definition) is 2. The minimum Gasteiger partial charge on any atom is -0.490 e. The van der Waals surface area contributed by atoms with Gasteiger partial charge in [-0.15, -0.1) is 0 Å². The average molecular weight is 371 g/mol. The number of aryl methyl sites for hydroxylation is 3. The molecule has 8 nitrogen and oxygen atoms in total. The van der Waals surface area contributed by atoms with Crippen LogP contribution in [0.4, 0.5) is 11.4 Å². The lowest BCUT2D eigenvalue weighted by Gasteiger charge is -2.13. The summed E-state index contributed by atoms with van der Waals surface area (Å²) in [5, 5.41) is 16.3. The second-order valence-electron chi connectivity index (χ2n) is 6.15. The number of nitro groups is 1. The molecule has 0 bridgehead atoms. The molecule has 8 heteroatoms. The van der Waals surface area contributed by atoms with Crippen molar-refractivity contribution in [2.24, 2.45) is 0 Å². The Morgan fingerprint density at radius 2 is 1.74 bits per heavy atom. The lowest BCUT2D eigenvalue weighted by molar-refractivity contribution is -0.385. The largest absolute Gasteiger partial charge is 0.490 e. The third kappa shape index (κ3) is 4.81. The number of methoxy groups -OCH3 is 1. The number of carbonyl (C=O) groups excluding carboxylic acids is 2. The van der Waals surface area contributed by atoms with Crippen LogP contribution in [0, 0.1) is 30.9 Å². The fourth-order valence-electron chi connectivity index (χ4n) is 2.80. The van der Waals surface area contributed by atoms with Crippen LogP contribution in [0.1, 0.15) is 27.0 Å². The molecule has 2 rings (SSSR count). The van der Waals surface area contributed by atoms with Crippen LogP contribution in [-0.2, 0) is 4.79 Å². The highest BCUT2D eigenvalue weighted by Gasteiger charge is 2.18. The van der Waals surface area contributed by atoms with Crippen LogP contribution in [-0.4, -0.2) is 30.4 Å². The van der Waals surface area contributed by atoms with E-state index in [2.05, 4.69) is 10.6 Å². The van der Waals surface area contributed by atoms with E-state index in [1.165, 1.54) is 19.2 Å². The number of rotatable bonds is 6. The van der Waals surface area contributed by atoms with E-state index in [0.29, 0.717) is 5.69 Å². The lowest BCUT2D eigenvalue weighted by atomic mass is 10.1. The van der Waals surface area contributed by atoms with Crippen LogP contribution in [0.5, 0.6) is 5.75 Å². The summed E-state index contributed by atoms with van der Waals surface area (Å²) in [6.07, 6.45) is 0. The van der Waals surface area contributed by atoms with Crippen LogP contribution < -0.4 is 15.4 Å². The van der Waals surface area contributed by atoms with Crippen LogP contribution in [0.2, 0.25) is 0 Å². The maximum atomic E-state index is 12.2. The molecule has 2 amide bonds. The van der Waals surface area contributed by atoms with Crippen molar-refractivity contribution in [1.29, 1.82) is 0 Å². The van der Waals surface area contributed by atoms with E-state index < -0.39 is 10.8 Å². The Bertz CT molecular complexity index is 885. The smallest absolute Gasteiger partial charge is 0.311 e. The van der Waals surface area contributed by atoms with E-state index in [1.54, 1.807) is 0 Å². The highest BCUT2D eigenvalue weighted by molar-refractivity contribution is 6.00. The number of benzene rings is 2. The summed E-state index contributed by atoms with van der Waals surface area (Å²) in [6.45, 7) is 5.50. The van der Waals surface area contributed by atoms with Crippen molar-refractivity contribution in [3.05, 3.63) is 62.7 Å². The van der Waals surface area contributed by atoms with Crippen molar-refractivity contribution < 1.29 is 19.2 Å². The Labute approximate surface area is 156 Å². The molecule has 0 atom stereocenters. The molecule has 0 radical (unpaired) electrons. The van der Waals surface area contributed by atoms with Gasteiger partial charge in [-0.1, -0.05) is 17.7 Å². The van der Waals surface area contributed by atoms with Crippen LogP contribution in [0.15, 0.2) is 30.3 Å². The molecule has 0 fully saturated rings. The van der Waals surface area contributed by atoms with Gasteiger partial charge in [0, 0.05) is 17.3 Å². The molecule has 0 saturated heterocycles. The summed E-state index contributed by atoms with van der Waals surface area (Å²) in [5.74, 6) is -0.922. The highest BCUT2D eigenvalue weighted by atomic mass is 16.6. The summed E-state index contributed by atoms with van der Waals surface area (Å²) in [4.78, 5) is 34.8. The van der Waals surface area contributed by atoms with E-state index >= 15 is 0 Å². The molecule has 142 valence electrons. The Morgan fingerprint density at radius 3 is 2.30 bits per heavy atom. The Hall–Kier alpha value is -3.42. The van der Waals surface area contributed by atoms with Crippen LogP contribution >= 0.6 is 0 Å². The van der Waals surface area contributed by atoms with E-state index in [4.69, 9.17) is 4.74 Å². The van der Waals surface area contributed by atoms with E-state index in [1.807, 2.05) is 32.9 Å². The van der Waals surface area contributed by atoms with Gasteiger partial charge in [0.2, 0.25) is 5.91 Å². The number of nitrogens with zero attached hydrogens (tertiary/aromatic N) is 1. The van der Waals surface area contributed by atoms with Crippen LogP contribution in [0.25, 0.3) is 0 Å². The number of hydrogen-bond acceptors (Lipinski definition) is 5. The van der Waals surface area contributed by atoms with Gasteiger partial charge in [-0.3, -0.25) is 19.7 Å². The monoisotopic (exact) mass is 371 g/mol. The molecule has 2 aromatic rings. The summed E-state index contributed by atoms with van der Waals surface area (Å²) >= 11 is 0. The zero-order valence-corrected chi connectivity index (χ0v) is 15.6. The molecule has 27 heavy (non-hydrogen) atoms. The molecule has 0 aromatic heterocycles. The third-order valence-electron chi connectivity index (χ3n) is 3.99. The number of anilines is 1. The van der Waals surface area contributed by atoms with Crippen molar-refractivity contribution in [2.45, 2.75) is 20.8 Å². The molecular formula is C19H21N3O5. The van der Waals surface area contributed by atoms with Crippen molar-refractivity contribution in [2.75, 3.05) is 19.0 Å². The molecule has 2 aromatic carbocycles. The van der Waals surface area contributed by atoms with Crippen molar-refractivity contribution in [1.82, 2.24) is 5.32 Å². The molecule has 0 unspecified atom stereocenters. The third-order valence-corrected chi connectivity index (χ3v) is 3.99. The van der Waals surface area contributed by atoms with Gasteiger partial charge in [-0.25, -0.2) is 0 Å². The normalized spacial score (nSPS) is 10.2. The Balaban J connectivity index is 2.04. The molecule has 2 N–H and O–H groups in total. The van der Waals surface area contributed by atoms with Crippen molar-refractivity contribution in [3.8, 4) is 5.75 Å². The first-order chi connectivity index (χ1) is 12.7. The van der Waals surface area contributed by atoms with E-state index in [-0.39, 0.29) is 29.5 Å². The number of ether oxygens (including phenoxy) is 1. The zero-order valence-electron chi connectivity index (χ0n) is 15.6. The van der Waals surface area contributed by atoms with Gasteiger partial charge in [0.15, 0.2) is 5.75 Å². The summed E-state index contributed by atoms with van der Waals surface area (Å²) in [6, 6.07) is 7.76. The van der Waals surface area contributed by atoms with Gasteiger partial charge in [0.25, 0.3) is 5.91 Å². The predicted octanol–water partition coefficient (Wildman–Crippen LogP) is 2.90. The Morgan fingerprint density at radius 1 is 1.11 bits per heavy atom. The maximum Gasteiger partial charge on any atom is 0.311 e. The van der Waals surface area contributed by atoms with Gasteiger partial charge >= 0.3 is 5.69 Å². The lowest BCUT2D eigenvalue weighted by Crippen LogP contribution is -2.33. The number of amides is 2. The minimum atomic E-state index is -0.634. The van der Waals surface area contributed by atoms with Gasteiger partial charge in [0.1, 0.15) is 0 Å². The fraction of sp³-hybridized carbons (Fsp3) is 0.263. The van der Waals surface area contributed by atoms with Gasteiger partial charge in [-0.05, 0) is 44.0 Å².